The number of carbonyl (C=O) groups excluding carboxylic acids is 2. The summed E-state index contributed by atoms with van der Waals surface area (Å²) in [4.78, 5) is 36.7. The van der Waals surface area contributed by atoms with E-state index in [1.54, 1.807) is 79.1 Å². The van der Waals surface area contributed by atoms with E-state index in [1.165, 1.54) is 11.7 Å². The number of amides is 2. The molecule has 6 aromatic rings. The Morgan fingerprint density at radius 3 is 2.18 bits per heavy atom. The maximum absolute atomic E-state index is 13.8. The first kappa shape index (κ1) is 53.4. The molecule has 0 aliphatic carbocycles. The zero-order chi connectivity index (χ0) is 51.7. The Hall–Kier alpha value is -7.37. The first-order chi connectivity index (χ1) is 35.3. The molecule has 0 bridgehead atoms. The average Bonchev–Trinajstić information content (AvgIpc) is 3.73. The van der Waals surface area contributed by atoms with Gasteiger partial charge in [0.25, 0.3) is 11.8 Å². The largest absolute Gasteiger partial charge is 0.508 e. The van der Waals surface area contributed by atoms with Gasteiger partial charge in [-0.25, -0.2) is 4.98 Å². The topological polar surface area (TPSA) is 199 Å². The number of carbonyl (C=O) groups is 2. The number of aromatic nitrogens is 3. The lowest BCUT2D eigenvalue weighted by Gasteiger charge is -2.30. The van der Waals surface area contributed by atoms with Gasteiger partial charge in [-0.1, -0.05) is 37.1 Å². The Morgan fingerprint density at radius 1 is 0.836 bits per heavy atom. The Balaban J connectivity index is 0.764. The summed E-state index contributed by atoms with van der Waals surface area (Å²) in [6.45, 7) is 5.24. The lowest BCUT2D eigenvalue weighted by atomic mass is 9.92. The molecule has 0 spiro atoms. The number of nitrogens with zero attached hydrogens (tertiary/aromatic N) is 4. The summed E-state index contributed by atoms with van der Waals surface area (Å²) < 4.78 is 64.8. The minimum Gasteiger partial charge on any atom is -0.508 e. The predicted molar refractivity (Wildman–Crippen MR) is 276 cm³/mol. The van der Waals surface area contributed by atoms with Crippen LogP contribution in [0.4, 0.5) is 30.4 Å². The van der Waals surface area contributed by atoms with Crippen molar-refractivity contribution in [2.24, 2.45) is 0 Å². The lowest BCUT2D eigenvalue weighted by molar-refractivity contribution is -0.140. The summed E-state index contributed by atoms with van der Waals surface area (Å²) in [7, 11) is 3.56. The van der Waals surface area contributed by atoms with Gasteiger partial charge < -0.3 is 60.5 Å². The fourth-order valence-corrected chi connectivity index (χ4v) is 8.52. The molecule has 3 aromatic heterocycles. The van der Waals surface area contributed by atoms with Gasteiger partial charge in [0, 0.05) is 64.9 Å². The first-order valence-corrected chi connectivity index (χ1v) is 24.2. The molecule has 0 saturated carbocycles. The number of anilines is 3. The minimum absolute atomic E-state index is 0.109. The molecule has 1 saturated heterocycles. The summed E-state index contributed by atoms with van der Waals surface area (Å²) in [5.41, 5.74) is 13.2. The molecule has 3 aromatic carbocycles. The maximum Gasteiger partial charge on any atom is 0.406 e. The minimum atomic E-state index is -4.44. The molecule has 16 nitrogen and oxygen atoms in total. The Kier molecular flexibility index (Phi) is 18.9. The van der Waals surface area contributed by atoms with Crippen LogP contribution in [-0.4, -0.2) is 135 Å². The molecule has 19 heteroatoms. The Labute approximate surface area is 422 Å². The number of aromatic hydroxyl groups is 1. The van der Waals surface area contributed by atoms with E-state index >= 15 is 0 Å². The van der Waals surface area contributed by atoms with Gasteiger partial charge in [-0.2, -0.15) is 13.2 Å². The number of nitrogens with one attached hydrogen (secondary N) is 4. The number of ether oxygens (including phenoxy) is 4. The Bertz CT molecular complexity index is 2860. The number of hydrogen-bond donors (Lipinski definition) is 6. The van der Waals surface area contributed by atoms with Crippen molar-refractivity contribution in [2.75, 3.05) is 103 Å². The van der Waals surface area contributed by atoms with Crippen LogP contribution in [0, 0.1) is 11.8 Å². The quantitative estimate of drug-likeness (QED) is 0.0275. The van der Waals surface area contributed by atoms with Crippen molar-refractivity contribution in [3.8, 4) is 45.6 Å². The molecule has 1 aliphatic rings. The van der Waals surface area contributed by atoms with E-state index in [1.807, 2.05) is 19.1 Å². The first-order valence-electron chi connectivity index (χ1n) is 24.2. The molecular weight excluding hydrogens is 944 g/mol. The molecule has 2 amide bonds. The molecule has 7 rings (SSSR count). The molecule has 73 heavy (non-hydrogen) atoms. The monoisotopic (exact) mass is 1010 g/mol. The average molecular weight is 1010 g/mol. The van der Waals surface area contributed by atoms with Crippen LogP contribution >= 0.6 is 0 Å². The fraction of sp³-hybridized carbons (Fsp3) is 0.370. The van der Waals surface area contributed by atoms with Gasteiger partial charge in [0.1, 0.15) is 29.6 Å². The van der Waals surface area contributed by atoms with Gasteiger partial charge in [0.05, 0.1) is 70.2 Å². The normalized spacial score (nSPS) is 13.1. The van der Waals surface area contributed by atoms with Crippen LogP contribution in [0.15, 0.2) is 91.3 Å². The fourth-order valence-electron chi connectivity index (χ4n) is 8.52. The third-order valence-electron chi connectivity index (χ3n) is 12.2. The molecule has 1 fully saturated rings. The van der Waals surface area contributed by atoms with Gasteiger partial charge >= 0.3 is 6.18 Å². The van der Waals surface area contributed by atoms with E-state index < -0.39 is 12.7 Å². The molecule has 386 valence electrons. The number of nitrogens with two attached hydrogens (primary N) is 1. The van der Waals surface area contributed by atoms with Crippen molar-refractivity contribution >= 4 is 39.9 Å². The van der Waals surface area contributed by atoms with Gasteiger partial charge in [0.2, 0.25) is 0 Å². The number of phenols is 1. The van der Waals surface area contributed by atoms with Crippen LogP contribution in [0.3, 0.4) is 0 Å². The number of piperidine rings is 1. The van der Waals surface area contributed by atoms with Crippen molar-refractivity contribution in [3.05, 3.63) is 114 Å². The van der Waals surface area contributed by atoms with Crippen LogP contribution in [-0.2, 0) is 27.2 Å². The van der Waals surface area contributed by atoms with Crippen molar-refractivity contribution in [1.29, 1.82) is 0 Å². The van der Waals surface area contributed by atoms with E-state index in [0.717, 1.165) is 59.4 Å². The zero-order valence-electron chi connectivity index (χ0n) is 41.2. The molecule has 4 heterocycles. The van der Waals surface area contributed by atoms with Crippen molar-refractivity contribution in [1.82, 2.24) is 30.1 Å². The highest BCUT2D eigenvalue weighted by Crippen LogP contribution is 2.37. The molecule has 0 unspecified atom stereocenters. The number of halogens is 3. The summed E-state index contributed by atoms with van der Waals surface area (Å²) in [5, 5.41) is 22.8. The van der Waals surface area contributed by atoms with Gasteiger partial charge in [-0.3, -0.25) is 14.6 Å². The third kappa shape index (κ3) is 14.9. The smallest absolute Gasteiger partial charge is 0.406 e. The number of fused-ring (bicyclic) bond motifs is 1. The number of rotatable bonds is 23. The predicted octanol–water partition coefficient (Wildman–Crippen LogP) is 7.37. The standard InChI is InChI=1S/C54H62F3N9O7/c1-4-42-44(34-63-51(58)50(42)36-10-14-41(67)15-11-36)38-13-17-47(62-33-38)53(69)61-22-26-72-28-30-73-29-27-71-25-21-60-52(68)37-12-16-46(49(31-37)70-3)59-20-6-7-40-32-43-45(64-39-18-23-65(2)24-19-39)8-5-9-48(43)66(40)35-54(55,56)57/h5,8-17,31-34,39,59,64,67H,4,18-30,35H2,1-3H3,(H2,58,63)(H,60,68)(H,61,69). The van der Waals surface area contributed by atoms with Gasteiger partial charge in [0.15, 0.2) is 0 Å². The van der Waals surface area contributed by atoms with Crippen molar-refractivity contribution in [3.63, 3.8) is 0 Å². The van der Waals surface area contributed by atoms with E-state index in [2.05, 4.69) is 55.0 Å². The Morgan fingerprint density at radius 2 is 1.52 bits per heavy atom. The second-order valence-corrected chi connectivity index (χ2v) is 17.4. The van der Waals surface area contributed by atoms with Gasteiger partial charge in [-0.15, -0.1) is 0 Å². The number of hydrogen-bond acceptors (Lipinski definition) is 13. The zero-order valence-corrected chi connectivity index (χ0v) is 41.2. The second kappa shape index (κ2) is 25.8. The summed E-state index contributed by atoms with van der Waals surface area (Å²) in [6.07, 6.45) is 1.47. The SMILES string of the molecule is CCc1c(-c2ccc(C(=O)NCCOCCOCCOCCNC(=O)c3ccc(NCC#Cc4cc5c(NC6CCN(C)CC6)cccc5n4CC(F)(F)F)c(OC)c3)nc2)cnc(N)c1-c1ccc(O)cc1. The number of alkyl halides is 3. The molecule has 0 atom stereocenters. The van der Waals surface area contributed by atoms with Crippen molar-refractivity contribution in [2.45, 2.75) is 44.9 Å². The third-order valence-corrected chi connectivity index (χ3v) is 12.2. The second-order valence-electron chi connectivity index (χ2n) is 17.4. The van der Waals surface area contributed by atoms with Crippen LogP contribution < -0.4 is 31.7 Å². The molecule has 1 aliphatic heterocycles. The van der Waals surface area contributed by atoms with Crippen molar-refractivity contribution < 1.29 is 46.8 Å². The number of nitrogen functional groups attached to an aromatic ring is 1. The molecule has 0 radical (unpaired) electrons. The number of benzene rings is 3. The highest BCUT2D eigenvalue weighted by atomic mass is 19.4. The summed E-state index contributed by atoms with van der Waals surface area (Å²) >= 11 is 0. The van der Waals surface area contributed by atoms with Crippen LogP contribution in [0.5, 0.6) is 11.5 Å². The van der Waals surface area contributed by atoms with Crippen LogP contribution in [0.1, 0.15) is 51.9 Å². The highest BCUT2D eigenvalue weighted by molar-refractivity contribution is 5.96. The van der Waals surface area contributed by atoms with E-state index in [9.17, 15) is 27.9 Å². The lowest BCUT2D eigenvalue weighted by Crippen LogP contribution is -2.36. The van der Waals surface area contributed by atoms with Crippen LogP contribution in [0.2, 0.25) is 0 Å². The number of methoxy groups -OCH3 is 1. The summed E-state index contributed by atoms with van der Waals surface area (Å²) in [5.74, 6) is 6.19. The van der Waals surface area contributed by atoms with E-state index in [-0.39, 0.29) is 67.8 Å². The highest BCUT2D eigenvalue weighted by Gasteiger charge is 2.30. The van der Waals surface area contributed by atoms with E-state index in [4.69, 9.17) is 24.7 Å². The van der Waals surface area contributed by atoms with Gasteiger partial charge in [-0.05, 0) is 111 Å². The molecular formula is C54H62F3N9O7. The summed E-state index contributed by atoms with van der Waals surface area (Å²) in [6, 6.07) is 22.5. The van der Waals surface area contributed by atoms with E-state index in [0.29, 0.717) is 66.6 Å². The number of phenolic OH excluding ortho intramolecular Hbond substituents is 1. The number of likely N-dealkylation sites (tertiary alicyclic amines) is 1. The maximum atomic E-state index is 13.8. The molecule has 7 N–H and O–H groups in total. The van der Waals surface area contributed by atoms with Crippen LogP contribution in [0.25, 0.3) is 33.2 Å². The number of pyridine rings is 2.